The van der Waals surface area contributed by atoms with Gasteiger partial charge in [0.2, 0.25) is 22.7 Å². The zero-order chi connectivity index (χ0) is 23.8. The monoisotopic (exact) mass is 493 g/mol. The molecule has 1 saturated heterocycles. The van der Waals surface area contributed by atoms with E-state index in [0.717, 1.165) is 4.31 Å². The molecule has 0 unspecified atom stereocenters. The molecule has 33 heavy (non-hydrogen) atoms. The number of likely N-dealkylation sites (tertiary alicyclic amines) is 1. The van der Waals surface area contributed by atoms with Gasteiger partial charge in [-0.05, 0) is 43.2 Å². The van der Waals surface area contributed by atoms with Crippen LogP contribution in [0.15, 0.2) is 41.3 Å². The molecular weight excluding hydrogens is 470 g/mol. The Labute approximate surface area is 197 Å². The molecule has 176 valence electrons. The van der Waals surface area contributed by atoms with Crippen molar-refractivity contribution in [1.82, 2.24) is 9.21 Å². The Balaban J connectivity index is 1.39. The average Bonchev–Trinajstić information content (AvgIpc) is 3.26. The number of nitrogens with zero attached hydrogens (tertiary/aromatic N) is 2. The number of nitrogens with one attached hydrogen (secondary N) is 1. The number of fused-ring (bicyclic) bond motifs is 1. The standard InChI is InChI=1S/C22H24ClN3O6S/c1-25(2)33(29,30)16-4-5-18(23)17(12-16)22(28)26-9-7-14(8-10-26)21(27)24-15-3-6-19-20(11-15)32-13-31-19/h3-6,11-12,14H,7-10,13H2,1-2H3,(H,24,27). The molecule has 11 heteroatoms. The number of benzene rings is 2. The largest absolute Gasteiger partial charge is 0.454 e. The van der Waals surface area contributed by atoms with Crippen LogP contribution in [0.25, 0.3) is 0 Å². The highest BCUT2D eigenvalue weighted by Gasteiger charge is 2.30. The third kappa shape index (κ3) is 4.78. The zero-order valence-corrected chi connectivity index (χ0v) is 19.8. The number of sulfonamides is 1. The smallest absolute Gasteiger partial charge is 0.255 e. The second kappa shape index (κ2) is 9.20. The first-order chi connectivity index (χ1) is 15.7. The van der Waals surface area contributed by atoms with Crippen molar-refractivity contribution in [3.8, 4) is 11.5 Å². The number of halogens is 1. The van der Waals surface area contributed by atoms with Gasteiger partial charge in [-0.1, -0.05) is 11.6 Å². The summed E-state index contributed by atoms with van der Waals surface area (Å²) >= 11 is 6.21. The first-order valence-corrected chi connectivity index (χ1v) is 12.2. The SMILES string of the molecule is CN(C)S(=O)(=O)c1ccc(Cl)c(C(=O)N2CCC(C(=O)Nc3ccc4c(c3)OCO4)CC2)c1. The number of carbonyl (C=O) groups is 2. The van der Waals surface area contributed by atoms with E-state index in [4.69, 9.17) is 21.1 Å². The molecule has 9 nitrogen and oxygen atoms in total. The van der Waals surface area contributed by atoms with Crippen LogP contribution < -0.4 is 14.8 Å². The number of rotatable bonds is 5. The van der Waals surface area contributed by atoms with Crippen LogP contribution in [0.5, 0.6) is 11.5 Å². The van der Waals surface area contributed by atoms with Crippen molar-refractivity contribution in [3.63, 3.8) is 0 Å². The molecule has 2 aliphatic heterocycles. The average molecular weight is 494 g/mol. The summed E-state index contributed by atoms with van der Waals surface area (Å²) in [6, 6.07) is 9.31. The molecule has 1 fully saturated rings. The summed E-state index contributed by atoms with van der Waals surface area (Å²) < 4.78 is 36.5. The molecule has 0 atom stereocenters. The van der Waals surface area contributed by atoms with Gasteiger partial charge in [0.05, 0.1) is 15.5 Å². The van der Waals surface area contributed by atoms with Crippen molar-refractivity contribution in [1.29, 1.82) is 0 Å². The Morgan fingerprint density at radius 3 is 2.45 bits per heavy atom. The predicted molar refractivity (Wildman–Crippen MR) is 122 cm³/mol. The van der Waals surface area contributed by atoms with Gasteiger partial charge >= 0.3 is 0 Å². The van der Waals surface area contributed by atoms with Crippen molar-refractivity contribution in [2.45, 2.75) is 17.7 Å². The minimum Gasteiger partial charge on any atom is -0.454 e. The molecular formula is C22H24ClN3O6S. The van der Waals surface area contributed by atoms with Gasteiger partial charge < -0.3 is 19.7 Å². The highest BCUT2D eigenvalue weighted by molar-refractivity contribution is 7.89. The van der Waals surface area contributed by atoms with Crippen molar-refractivity contribution in [3.05, 3.63) is 47.0 Å². The minimum absolute atomic E-state index is 0.00163. The van der Waals surface area contributed by atoms with Gasteiger partial charge in [0.15, 0.2) is 11.5 Å². The lowest BCUT2D eigenvalue weighted by atomic mass is 9.95. The first-order valence-electron chi connectivity index (χ1n) is 10.4. The van der Waals surface area contributed by atoms with Crippen LogP contribution in [0.4, 0.5) is 5.69 Å². The lowest BCUT2D eigenvalue weighted by Crippen LogP contribution is -2.41. The fraction of sp³-hybridized carbons (Fsp3) is 0.364. The number of amides is 2. The number of ether oxygens (including phenoxy) is 2. The van der Waals surface area contributed by atoms with Gasteiger partial charge in [-0.3, -0.25) is 9.59 Å². The van der Waals surface area contributed by atoms with E-state index in [-0.39, 0.29) is 40.0 Å². The Morgan fingerprint density at radius 1 is 1.06 bits per heavy atom. The summed E-state index contributed by atoms with van der Waals surface area (Å²) in [5.74, 6) is 0.489. The van der Waals surface area contributed by atoms with Crippen LogP contribution in [0.2, 0.25) is 5.02 Å². The summed E-state index contributed by atoms with van der Waals surface area (Å²) in [5.41, 5.74) is 0.747. The van der Waals surface area contributed by atoms with Crippen molar-refractivity contribution < 1.29 is 27.5 Å². The normalized spacial score (nSPS) is 16.2. The van der Waals surface area contributed by atoms with Crippen LogP contribution in [-0.4, -0.2) is 63.4 Å². The maximum Gasteiger partial charge on any atom is 0.255 e. The van der Waals surface area contributed by atoms with Crippen LogP contribution >= 0.6 is 11.6 Å². The molecule has 2 aromatic carbocycles. The molecule has 0 saturated carbocycles. The summed E-state index contributed by atoms with van der Waals surface area (Å²) in [7, 11) is -0.857. The lowest BCUT2D eigenvalue weighted by molar-refractivity contribution is -0.121. The van der Waals surface area contributed by atoms with Crippen LogP contribution in [-0.2, 0) is 14.8 Å². The molecule has 0 aromatic heterocycles. The summed E-state index contributed by atoms with van der Waals surface area (Å²) in [6.45, 7) is 0.880. The highest BCUT2D eigenvalue weighted by Crippen LogP contribution is 2.34. The predicted octanol–water partition coefficient (Wildman–Crippen LogP) is 2.81. The van der Waals surface area contributed by atoms with E-state index in [2.05, 4.69) is 5.32 Å². The maximum absolute atomic E-state index is 13.1. The van der Waals surface area contributed by atoms with E-state index < -0.39 is 10.0 Å². The summed E-state index contributed by atoms with van der Waals surface area (Å²) in [4.78, 5) is 27.4. The quantitative estimate of drug-likeness (QED) is 0.686. The van der Waals surface area contributed by atoms with Crippen LogP contribution in [0, 0.1) is 5.92 Å². The third-order valence-corrected chi connectivity index (χ3v) is 7.88. The van der Waals surface area contributed by atoms with E-state index >= 15 is 0 Å². The Bertz CT molecular complexity index is 1190. The van der Waals surface area contributed by atoms with Gasteiger partial charge in [0.25, 0.3) is 5.91 Å². The molecule has 2 aliphatic rings. The van der Waals surface area contributed by atoms with E-state index in [1.807, 2.05) is 0 Å². The van der Waals surface area contributed by atoms with Crippen LogP contribution in [0.1, 0.15) is 23.2 Å². The molecule has 0 spiro atoms. The topological polar surface area (TPSA) is 105 Å². The van der Waals surface area contributed by atoms with Gasteiger partial charge in [0, 0.05) is 44.9 Å². The van der Waals surface area contributed by atoms with Gasteiger partial charge in [-0.15, -0.1) is 0 Å². The van der Waals surface area contributed by atoms with Crippen molar-refractivity contribution >= 4 is 39.1 Å². The lowest BCUT2D eigenvalue weighted by Gasteiger charge is -2.31. The summed E-state index contributed by atoms with van der Waals surface area (Å²) in [5, 5.41) is 3.07. The van der Waals surface area contributed by atoms with E-state index in [1.54, 1.807) is 23.1 Å². The Hall–Kier alpha value is -2.82. The summed E-state index contributed by atoms with van der Waals surface area (Å²) in [6.07, 6.45) is 0.963. The van der Waals surface area contributed by atoms with Crippen molar-refractivity contribution in [2.75, 3.05) is 39.3 Å². The molecule has 1 N–H and O–H groups in total. The van der Waals surface area contributed by atoms with Gasteiger partial charge in [-0.25, -0.2) is 12.7 Å². The third-order valence-electron chi connectivity index (χ3n) is 5.74. The maximum atomic E-state index is 13.1. The van der Waals surface area contributed by atoms with Crippen molar-refractivity contribution in [2.24, 2.45) is 5.92 Å². The number of hydrogen-bond acceptors (Lipinski definition) is 6. The molecule has 2 aromatic rings. The minimum atomic E-state index is -3.70. The number of anilines is 1. The van der Waals surface area contributed by atoms with E-state index in [9.17, 15) is 18.0 Å². The second-order valence-electron chi connectivity index (χ2n) is 8.05. The molecule has 0 radical (unpaired) electrons. The Kier molecular flexibility index (Phi) is 6.51. The number of hydrogen-bond donors (Lipinski definition) is 1. The van der Waals surface area contributed by atoms with Gasteiger partial charge in [0.1, 0.15) is 0 Å². The highest BCUT2D eigenvalue weighted by atomic mass is 35.5. The first kappa shape index (κ1) is 23.3. The zero-order valence-electron chi connectivity index (χ0n) is 18.2. The molecule has 4 rings (SSSR count). The molecule has 0 bridgehead atoms. The Morgan fingerprint density at radius 2 is 1.76 bits per heavy atom. The van der Waals surface area contributed by atoms with E-state index in [0.29, 0.717) is 43.1 Å². The molecule has 2 heterocycles. The molecule has 0 aliphatic carbocycles. The molecule has 2 amide bonds. The van der Waals surface area contributed by atoms with Gasteiger partial charge in [-0.2, -0.15) is 0 Å². The second-order valence-corrected chi connectivity index (χ2v) is 10.6. The number of piperidine rings is 1. The fourth-order valence-corrected chi connectivity index (χ4v) is 4.90. The van der Waals surface area contributed by atoms with Crippen LogP contribution in [0.3, 0.4) is 0 Å². The van der Waals surface area contributed by atoms with E-state index in [1.165, 1.54) is 32.3 Å². The fourth-order valence-electron chi connectivity index (χ4n) is 3.77. The number of carbonyl (C=O) groups excluding carboxylic acids is 2.